The van der Waals surface area contributed by atoms with Gasteiger partial charge in [0, 0.05) is 25.6 Å². The zero-order chi connectivity index (χ0) is 24.1. The second-order valence-electron chi connectivity index (χ2n) is 9.57. The molecule has 4 rings (SSSR count). The molecule has 0 bridgehead atoms. The highest BCUT2D eigenvalue weighted by Gasteiger charge is 2.34. The molecule has 184 valence electrons. The van der Waals surface area contributed by atoms with Gasteiger partial charge < -0.3 is 9.64 Å². The van der Waals surface area contributed by atoms with Gasteiger partial charge >= 0.3 is 0 Å². The maximum absolute atomic E-state index is 14.2. The Morgan fingerprint density at radius 2 is 1.79 bits per heavy atom. The van der Waals surface area contributed by atoms with E-state index in [9.17, 15) is 9.18 Å². The molecule has 2 fully saturated rings. The van der Waals surface area contributed by atoms with Crippen LogP contribution in [-0.4, -0.2) is 50.2 Å². The highest BCUT2D eigenvalue weighted by atomic mass is 35.5. The van der Waals surface area contributed by atoms with Gasteiger partial charge in [0.2, 0.25) is 5.91 Å². The van der Waals surface area contributed by atoms with E-state index in [2.05, 4.69) is 4.90 Å². The van der Waals surface area contributed by atoms with Crippen LogP contribution in [0.1, 0.15) is 37.3 Å². The van der Waals surface area contributed by atoms with Crippen LogP contribution in [0.25, 0.3) is 0 Å². The molecule has 1 amide bonds. The smallest absolute Gasteiger partial charge is 0.229 e. The van der Waals surface area contributed by atoms with Crippen LogP contribution in [0.4, 0.5) is 10.1 Å². The predicted molar refractivity (Wildman–Crippen MR) is 136 cm³/mol. The van der Waals surface area contributed by atoms with E-state index in [4.69, 9.17) is 27.9 Å². The molecule has 0 unspecified atom stereocenters. The van der Waals surface area contributed by atoms with Crippen molar-refractivity contribution in [3.05, 3.63) is 63.4 Å². The lowest BCUT2D eigenvalue weighted by Crippen LogP contribution is -2.45. The third-order valence-corrected chi connectivity index (χ3v) is 7.50. The van der Waals surface area contributed by atoms with E-state index in [0.29, 0.717) is 34.3 Å². The summed E-state index contributed by atoms with van der Waals surface area (Å²) in [6.45, 7) is 7.14. The molecule has 34 heavy (non-hydrogen) atoms. The highest BCUT2D eigenvalue weighted by molar-refractivity contribution is 6.40. The molecule has 0 N–H and O–H groups in total. The average molecular weight is 507 g/mol. The second-order valence-corrected chi connectivity index (χ2v) is 10.4. The van der Waals surface area contributed by atoms with E-state index in [0.717, 1.165) is 64.1 Å². The maximum atomic E-state index is 14.2. The topological polar surface area (TPSA) is 32.8 Å². The molecule has 7 heteroatoms. The number of halogens is 3. The van der Waals surface area contributed by atoms with Gasteiger partial charge in [0.25, 0.3) is 0 Å². The summed E-state index contributed by atoms with van der Waals surface area (Å²) < 4.78 is 19.6. The van der Waals surface area contributed by atoms with Gasteiger partial charge in [0.1, 0.15) is 5.82 Å². The number of carbonyl (C=O) groups is 1. The zero-order valence-corrected chi connectivity index (χ0v) is 21.3. The number of ether oxygens (including phenoxy) is 1. The maximum Gasteiger partial charge on any atom is 0.229 e. The number of aryl methyl sites for hydroxylation is 1. The van der Waals surface area contributed by atoms with E-state index < -0.39 is 0 Å². The molecule has 2 atom stereocenters. The SMILES string of the molecule is C[C@@H]1C[C@H](Cc2ccccc2F)CN(c2c(Cl)cc(CCCCN3CCOCC3)cc2Cl)C1=O. The molecular formula is C27H33Cl2FN2O2. The van der Waals surface area contributed by atoms with Crippen LogP contribution < -0.4 is 4.90 Å². The molecule has 2 aliphatic heterocycles. The summed E-state index contributed by atoms with van der Waals surface area (Å²) in [5.41, 5.74) is 2.34. The predicted octanol–water partition coefficient (Wildman–Crippen LogP) is 6.02. The summed E-state index contributed by atoms with van der Waals surface area (Å²) in [5.74, 6) is -0.214. The fourth-order valence-corrected chi connectivity index (χ4v) is 5.86. The quantitative estimate of drug-likeness (QED) is 0.410. The van der Waals surface area contributed by atoms with Gasteiger partial charge in [0.15, 0.2) is 0 Å². The van der Waals surface area contributed by atoms with Crippen molar-refractivity contribution >= 4 is 34.8 Å². The first-order valence-corrected chi connectivity index (χ1v) is 13.0. The molecule has 0 aliphatic carbocycles. The molecule has 2 heterocycles. The van der Waals surface area contributed by atoms with Crippen molar-refractivity contribution in [2.24, 2.45) is 11.8 Å². The van der Waals surface area contributed by atoms with Crippen LogP contribution >= 0.6 is 23.2 Å². The minimum absolute atomic E-state index is 0.0202. The average Bonchev–Trinajstić information content (AvgIpc) is 2.81. The van der Waals surface area contributed by atoms with Gasteiger partial charge in [-0.2, -0.15) is 0 Å². The van der Waals surface area contributed by atoms with Crippen molar-refractivity contribution in [3.63, 3.8) is 0 Å². The molecule has 2 saturated heterocycles. The number of piperidine rings is 1. The molecule has 0 radical (unpaired) electrons. The summed E-state index contributed by atoms with van der Waals surface area (Å²) in [6.07, 6.45) is 4.35. The lowest BCUT2D eigenvalue weighted by molar-refractivity contribution is -0.124. The standard InChI is InChI=1S/C27H33Cl2FN2O2/c1-19-14-21(15-22-7-2-3-8-25(22)30)18-32(27(19)33)26-23(28)16-20(17-24(26)29)6-4-5-9-31-10-12-34-13-11-31/h2-3,7-8,16-17,19,21H,4-6,9-15,18H2,1H3/t19-,21-/m1/s1. The number of rotatable bonds is 8. The van der Waals surface area contributed by atoms with Crippen LogP contribution in [0.5, 0.6) is 0 Å². The highest BCUT2D eigenvalue weighted by Crippen LogP contribution is 2.39. The van der Waals surface area contributed by atoms with Gasteiger partial charge in [-0.15, -0.1) is 0 Å². The van der Waals surface area contributed by atoms with Crippen molar-refractivity contribution in [1.82, 2.24) is 4.90 Å². The van der Waals surface area contributed by atoms with Gasteiger partial charge in [0.05, 0.1) is 28.9 Å². The van der Waals surface area contributed by atoms with E-state index in [1.165, 1.54) is 6.07 Å². The first kappa shape index (κ1) is 25.4. The normalized spacial score (nSPS) is 21.8. The van der Waals surface area contributed by atoms with Crippen LogP contribution in [0.3, 0.4) is 0 Å². The molecule has 0 spiro atoms. The molecule has 4 nitrogen and oxygen atoms in total. The van der Waals surface area contributed by atoms with Crippen molar-refractivity contribution in [2.75, 3.05) is 44.3 Å². The zero-order valence-electron chi connectivity index (χ0n) is 19.7. The Kier molecular flexibility index (Phi) is 8.86. The van der Waals surface area contributed by atoms with Gasteiger partial charge in [-0.1, -0.05) is 48.3 Å². The third-order valence-electron chi connectivity index (χ3n) is 6.92. The van der Waals surface area contributed by atoms with Crippen molar-refractivity contribution < 1.29 is 13.9 Å². The second kappa shape index (κ2) is 11.9. The Balaban J connectivity index is 1.41. The number of unbranched alkanes of at least 4 members (excludes halogenated alkanes) is 1. The number of hydrogen-bond donors (Lipinski definition) is 0. The summed E-state index contributed by atoms with van der Waals surface area (Å²) >= 11 is 13.4. The molecule has 2 aromatic carbocycles. The third kappa shape index (κ3) is 6.31. The number of benzene rings is 2. The summed E-state index contributed by atoms with van der Waals surface area (Å²) in [7, 11) is 0. The summed E-state index contributed by atoms with van der Waals surface area (Å²) in [5, 5.41) is 1.01. The van der Waals surface area contributed by atoms with Crippen LogP contribution in [0, 0.1) is 17.7 Å². The first-order valence-electron chi connectivity index (χ1n) is 12.2. The van der Waals surface area contributed by atoms with Gasteiger partial charge in [-0.25, -0.2) is 4.39 Å². The largest absolute Gasteiger partial charge is 0.379 e. The Bertz CT molecular complexity index is 973. The number of hydrogen-bond acceptors (Lipinski definition) is 3. The molecular weight excluding hydrogens is 474 g/mol. The minimum atomic E-state index is -0.201. The van der Waals surface area contributed by atoms with Crippen molar-refractivity contribution in [1.29, 1.82) is 0 Å². The van der Waals surface area contributed by atoms with Crippen LogP contribution in [-0.2, 0) is 22.4 Å². The van der Waals surface area contributed by atoms with Crippen LogP contribution in [0.2, 0.25) is 10.0 Å². The Morgan fingerprint density at radius 3 is 2.50 bits per heavy atom. The number of nitrogens with zero attached hydrogens (tertiary/aromatic N) is 2. The van der Waals surface area contributed by atoms with Crippen molar-refractivity contribution in [3.8, 4) is 0 Å². The van der Waals surface area contributed by atoms with Gasteiger partial charge in [-0.05, 0) is 73.9 Å². The lowest BCUT2D eigenvalue weighted by atomic mass is 9.85. The number of carbonyl (C=O) groups excluding carboxylic acids is 1. The molecule has 2 aromatic rings. The van der Waals surface area contributed by atoms with E-state index >= 15 is 0 Å². The molecule has 2 aliphatic rings. The summed E-state index contributed by atoms with van der Waals surface area (Å²) in [6, 6.07) is 10.7. The Morgan fingerprint density at radius 1 is 1.09 bits per heavy atom. The number of morpholine rings is 1. The first-order chi connectivity index (χ1) is 16.4. The molecule has 0 saturated carbocycles. The number of anilines is 1. The fraction of sp³-hybridized carbons (Fsp3) is 0.519. The Labute approximate surface area is 212 Å². The monoisotopic (exact) mass is 506 g/mol. The van der Waals surface area contributed by atoms with E-state index in [-0.39, 0.29) is 23.6 Å². The Hall–Kier alpha value is -1.66. The lowest BCUT2D eigenvalue weighted by Gasteiger charge is -2.37. The summed E-state index contributed by atoms with van der Waals surface area (Å²) in [4.78, 5) is 17.2. The van der Waals surface area contributed by atoms with Crippen LogP contribution in [0.15, 0.2) is 36.4 Å². The fourth-order valence-electron chi connectivity index (χ4n) is 5.12. The molecule has 0 aromatic heterocycles. The number of amides is 1. The minimum Gasteiger partial charge on any atom is -0.379 e. The van der Waals surface area contributed by atoms with Gasteiger partial charge in [-0.3, -0.25) is 9.69 Å². The van der Waals surface area contributed by atoms with E-state index in [1.54, 1.807) is 11.0 Å². The van der Waals surface area contributed by atoms with E-state index in [1.807, 2.05) is 31.2 Å². The van der Waals surface area contributed by atoms with Crippen molar-refractivity contribution in [2.45, 2.75) is 39.0 Å².